The molecule has 5 aliphatic rings. The second kappa shape index (κ2) is 5.15. The van der Waals surface area contributed by atoms with Crippen molar-refractivity contribution < 1.29 is 24.0 Å². The van der Waals surface area contributed by atoms with Crippen LogP contribution in [0.15, 0.2) is 0 Å². The molecule has 22 heavy (non-hydrogen) atoms. The maximum atomic E-state index is 6.25. The molecule has 5 rings (SSSR count). The Morgan fingerprint density at radius 2 is 1.91 bits per heavy atom. The molecular weight excluding hydrogens is 284 g/mol. The molecule has 0 amide bonds. The van der Waals surface area contributed by atoms with Crippen LogP contribution in [0, 0.1) is 23.7 Å². The lowest BCUT2D eigenvalue weighted by Gasteiger charge is -2.60. The van der Waals surface area contributed by atoms with Crippen molar-refractivity contribution in [2.24, 2.45) is 23.7 Å². The molecule has 0 aromatic carbocycles. The Morgan fingerprint density at radius 3 is 2.68 bits per heavy atom. The van der Waals surface area contributed by atoms with Crippen molar-refractivity contribution in [3.63, 3.8) is 0 Å². The van der Waals surface area contributed by atoms with Crippen LogP contribution in [0.25, 0.3) is 0 Å². The summed E-state index contributed by atoms with van der Waals surface area (Å²) < 4.78 is 18.3. The van der Waals surface area contributed by atoms with Crippen LogP contribution in [0.3, 0.4) is 0 Å². The van der Waals surface area contributed by atoms with Crippen LogP contribution in [-0.4, -0.2) is 30.6 Å². The van der Waals surface area contributed by atoms with Crippen molar-refractivity contribution in [2.45, 2.75) is 77.3 Å². The van der Waals surface area contributed by atoms with Crippen LogP contribution in [0.1, 0.15) is 53.4 Å². The summed E-state index contributed by atoms with van der Waals surface area (Å²) in [4.78, 5) is 11.9. The lowest BCUT2D eigenvalue weighted by Crippen LogP contribution is -2.70. The van der Waals surface area contributed by atoms with E-state index < -0.39 is 11.4 Å². The van der Waals surface area contributed by atoms with Gasteiger partial charge in [0.25, 0.3) is 0 Å². The fourth-order valence-corrected chi connectivity index (χ4v) is 5.23. The lowest BCUT2D eigenvalue weighted by atomic mass is 9.58. The molecule has 8 atom stereocenters. The van der Waals surface area contributed by atoms with E-state index >= 15 is 0 Å². The zero-order valence-corrected chi connectivity index (χ0v) is 14.0. The first kappa shape index (κ1) is 15.3. The van der Waals surface area contributed by atoms with Crippen LogP contribution >= 0.6 is 0 Å². The van der Waals surface area contributed by atoms with Gasteiger partial charge in [-0.3, -0.25) is 0 Å². The van der Waals surface area contributed by atoms with Crippen molar-refractivity contribution in [2.75, 3.05) is 6.61 Å². The van der Waals surface area contributed by atoms with Gasteiger partial charge >= 0.3 is 0 Å². The van der Waals surface area contributed by atoms with Crippen LogP contribution in [0.2, 0.25) is 0 Å². The van der Waals surface area contributed by atoms with Gasteiger partial charge in [-0.25, -0.2) is 9.78 Å². The summed E-state index contributed by atoms with van der Waals surface area (Å²) in [5.41, 5.74) is -0.472. The molecule has 5 fully saturated rings. The van der Waals surface area contributed by atoms with E-state index in [9.17, 15) is 0 Å². The van der Waals surface area contributed by atoms with Gasteiger partial charge in [-0.1, -0.05) is 13.8 Å². The van der Waals surface area contributed by atoms with Crippen LogP contribution < -0.4 is 0 Å². The molecule has 126 valence electrons. The van der Waals surface area contributed by atoms with E-state index in [1.165, 1.54) is 6.42 Å². The Balaban J connectivity index is 1.75. The maximum Gasteiger partial charge on any atom is 0.201 e. The minimum atomic E-state index is -0.700. The topological polar surface area (TPSA) is 46.2 Å². The average molecular weight is 312 g/mol. The second-order valence-electron chi connectivity index (χ2n) is 7.73. The predicted octanol–water partition coefficient (Wildman–Crippen LogP) is 3.23. The number of hydrogen-bond donors (Lipinski definition) is 0. The lowest BCUT2D eigenvalue weighted by molar-refractivity contribution is -0.577. The molecule has 1 spiro atoms. The van der Waals surface area contributed by atoms with Crippen molar-refractivity contribution >= 4 is 0 Å². The Labute approximate surface area is 132 Å². The Hall–Kier alpha value is -0.200. The quantitative estimate of drug-likeness (QED) is 0.733. The molecule has 4 heterocycles. The zero-order valence-electron chi connectivity index (χ0n) is 14.0. The normalized spacial score (nSPS) is 57.3. The SMILES string of the molecule is CCO[C@@H]1O[C@@H]2OC3(C)CC[C@H]4[C@H](C)CC[C@@H]([C@H]1C)[C@@]24OO3. The van der Waals surface area contributed by atoms with Crippen LogP contribution in [-0.2, 0) is 24.0 Å². The van der Waals surface area contributed by atoms with Gasteiger partial charge in [-0.15, -0.1) is 0 Å². The minimum absolute atomic E-state index is 0.216. The van der Waals surface area contributed by atoms with E-state index in [1.807, 2.05) is 13.8 Å². The molecule has 1 unspecified atom stereocenters. The highest BCUT2D eigenvalue weighted by Gasteiger charge is 2.69. The van der Waals surface area contributed by atoms with E-state index in [0.717, 1.165) is 19.3 Å². The highest BCUT2D eigenvalue weighted by atomic mass is 17.3. The Morgan fingerprint density at radius 1 is 1.09 bits per heavy atom. The first-order valence-corrected chi connectivity index (χ1v) is 8.82. The molecule has 0 radical (unpaired) electrons. The van der Waals surface area contributed by atoms with E-state index in [-0.39, 0.29) is 18.5 Å². The number of fused-ring (bicyclic) bond motifs is 2. The maximum absolute atomic E-state index is 6.25. The Bertz CT molecular complexity index is 443. The van der Waals surface area contributed by atoms with Gasteiger partial charge in [-0.05, 0) is 44.9 Å². The van der Waals surface area contributed by atoms with E-state index in [2.05, 4.69) is 13.8 Å². The molecule has 4 saturated heterocycles. The molecule has 0 aromatic heterocycles. The van der Waals surface area contributed by atoms with Gasteiger partial charge in [0.15, 0.2) is 18.2 Å². The summed E-state index contributed by atoms with van der Waals surface area (Å²) in [6.45, 7) is 9.15. The van der Waals surface area contributed by atoms with Gasteiger partial charge < -0.3 is 14.2 Å². The van der Waals surface area contributed by atoms with Gasteiger partial charge in [-0.2, -0.15) is 0 Å². The highest BCUT2D eigenvalue weighted by Crippen LogP contribution is 2.60. The van der Waals surface area contributed by atoms with E-state index in [4.69, 9.17) is 24.0 Å². The molecule has 0 aromatic rings. The standard InChI is InChI=1S/C17H28O5/c1-5-18-14-11(3)13-7-6-10(2)12-8-9-16(4)20-15(19-14)17(12,13)22-21-16/h10-15H,5-9H2,1-4H3/t10-,11-,12+,13+,14-,15-,16?,17-/m1/s1. The zero-order chi connectivity index (χ0) is 15.5. The van der Waals surface area contributed by atoms with E-state index in [0.29, 0.717) is 24.4 Å². The number of ether oxygens (including phenoxy) is 3. The summed E-state index contributed by atoms with van der Waals surface area (Å²) in [5.74, 6) is 0.957. The van der Waals surface area contributed by atoms with Crippen molar-refractivity contribution in [3.05, 3.63) is 0 Å². The minimum Gasteiger partial charge on any atom is -0.353 e. The third-order valence-corrected chi connectivity index (χ3v) is 6.43. The fraction of sp³-hybridized carbons (Fsp3) is 1.00. The van der Waals surface area contributed by atoms with E-state index in [1.54, 1.807) is 0 Å². The molecule has 1 aliphatic carbocycles. The third-order valence-electron chi connectivity index (χ3n) is 6.43. The molecule has 5 heteroatoms. The van der Waals surface area contributed by atoms with Crippen LogP contribution in [0.5, 0.6) is 0 Å². The summed E-state index contributed by atoms with van der Waals surface area (Å²) in [6, 6.07) is 0. The third kappa shape index (κ3) is 1.96. The highest BCUT2D eigenvalue weighted by molar-refractivity contribution is 5.09. The van der Waals surface area contributed by atoms with Crippen molar-refractivity contribution in [1.29, 1.82) is 0 Å². The first-order chi connectivity index (χ1) is 10.5. The fourth-order valence-electron chi connectivity index (χ4n) is 5.23. The van der Waals surface area contributed by atoms with Crippen LogP contribution in [0.4, 0.5) is 0 Å². The molecule has 4 aliphatic heterocycles. The first-order valence-electron chi connectivity index (χ1n) is 8.82. The molecular formula is C17H28O5. The molecule has 0 N–H and O–H groups in total. The summed E-state index contributed by atoms with van der Waals surface area (Å²) in [7, 11) is 0. The Kier molecular flexibility index (Phi) is 3.59. The summed E-state index contributed by atoms with van der Waals surface area (Å²) in [5, 5.41) is 0. The van der Waals surface area contributed by atoms with Crippen molar-refractivity contribution in [1.82, 2.24) is 0 Å². The van der Waals surface area contributed by atoms with Gasteiger partial charge in [0, 0.05) is 24.9 Å². The van der Waals surface area contributed by atoms with Gasteiger partial charge in [0.2, 0.25) is 5.79 Å². The molecule has 2 bridgehead atoms. The van der Waals surface area contributed by atoms with Crippen molar-refractivity contribution in [3.8, 4) is 0 Å². The predicted molar refractivity (Wildman–Crippen MR) is 78.5 cm³/mol. The monoisotopic (exact) mass is 312 g/mol. The number of hydrogen-bond acceptors (Lipinski definition) is 5. The summed E-state index contributed by atoms with van der Waals surface area (Å²) >= 11 is 0. The van der Waals surface area contributed by atoms with Gasteiger partial charge in [0.1, 0.15) is 0 Å². The largest absolute Gasteiger partial charge is 0.353 e. The van der Waals surface area contributed by atoms with Gasteiger partial charge in [0.05, 0.1) is 0 Å². The molecule has 1 saturated carbocycles. The number of rotatable bonds is 2. The average Bonchev–Trinajstić information content (AvgIpc) is 2.71. The summed E-state index contributed by atoms with van der Waals surface area (Å²) in [6.07, 6.45) is 3.66. The smallest absolute Gasteiger partial charge is 0.201 e. The second-order valence-corrected chi connectivity index (χ2v) is 7.73. The molecule has 5 nitrogen and oxygen atoms in total.